The van der Waals surface area contributed by atoms with E-state index in [0.29, 0.717) is 60.6 Å². The highest BCUT2D eigenvalue weighted by atomic mass is 16.4. The number of amides is 11. The van der Waals surface area contributed by atoms with Crippen LogP contribution in [-0.2, 0) is 94.3 Å². The number of phenolic OH excluding ortho intramolecular Hbond substituents is 1. The highest BCUT2D eigenvalue weighted by Crippen LogP contribution is 2.31. The number of H-pyrrole nitrogens is 1. The maximum absolute atomic E-state index is 15.0. The number of nitrogens with two attached hydrogens (primary N) is 2. The number of primary amides is 2. The van der Waals surface area contributed by atoms with Crippen LogP contribution in [0.15, 0.2) is 66.9 Å². The smallest absolute Gasteiger partial charge is 0.303 e. The largest absolute Gasteiger partial charge is 0.508 e. The first-order valence-corrected chi connectivity index (χ1v) is 38.6. The summed E-state index contributed by atoms with van der Waals surface area (Å²) < 4.78 is 0. The molecule has 4 unspecified atom stereocenters. The summed E-state index contributed by atoms with van der Waals surface area (Å²) in [4.78, 5) is 237. The van der Waals surface area contributed by atoms with E-state index in [1.165, 1.54) is 93.5 Å². The third kappa shape index (κ3) is 30.8. The second-order valence-corrected chi connectivity index (χ2v) is 31.2. The highest BCUT2D eigenvalue weighted by Gasteiger charge is 2.43. The number of fused-ring (bicyclic) bond motifs is 1. The zero-order valence-electron chi connectivity index (χ0n) is 67.2. The van der Waals surface area contributed by atoms with Gasteiger partial charge in [0.25, 0.3) is 0 Å². The molecule has 18 N–H and O–H groups in total. The SMILES string of the molecule is CC(=O)C[C@]1(C)CCCCCC/C=C/CCC[C@@](C)(C(=O)NC(C)C(=O)NC(C)(C)C(=O)NC(C)C(=O)N[C@@H](C)C(=O)C(=O)[C@H](C)NC[C@H](C)C(N)=O)NC(=O)[C@H](CC(C)C)CN[C@@H](CCC(N)=O)C(=O)C(=O)C(C)NC(=O)[C@H](Cc2c[nH]c3ccccc23)NC(=O)C(Cc2ccc(O)cc2)NC(=O)[C@H](CCC(=O)O)NC1=O. The monoisotopic (exact) mass is 1580 g/mol. The molecule has 1 aliphatic rings. The van der Waals surface area contributed by atoms with E-state index in [1.54, 1.807) is 37.4 Å². The minimum Gasteiger partial charge on any atom is -0.508 e. The summed E-state index contributed by atoms with van der Waals surface area (Å²) >= 11 is 0. The fourth-order valence-electron chi connectivity index (χ4n) is 12.8. The Bertz CT molecular complexity index is 3950. The Morgan fingerprint density at radius 1 is 0.628 bits per heavy atom. The van der Waals surface area contributed by atoms with Gasteiger partial charge in [-0.05, 0) is 155 Å². The number of Topliss-reactive ketones (excluding diaryl/α,β-unsaturated/α-hetero) is 5. The summed E-state index contributed by atoms with van der Waals surface area (Å²) in [5, 5.41) is 50.0. The average molecular weight is 1580 g/mol. The van der Waals surface area contributed by atoms with Crippen molar-refractivity contribution in [2.45, 2.75) is 265 Å². The molecule has 0 fully saturated rings. The number of aromatic hydroxyl groups is 1. The number of carboxylic acid groups (broad SMARTS) is 1. The molecule has 0 saturated heterocycles. The number of aliphatic carboxylic acids is 1. The topological polar surface area (TPSA) is 531 Å². The molecule has 13 atom stereocenters. The summed E-state index contributed by atoms with van der Waals surface area (Å²) in [6, 6.07) is -0.332. The van der Waals surface area contributed by atoms with Crippen LogP contribution in [0, 0.1) is 23.2 Å². The van der Waals surface area contributed by atoms with Crippen molar-refractivity contribution in [2.24, 2.45) is 34.6 Å². The van der Waals surface area contributed by atoms with Crippen LogP contribution >= 0.6 is 0 Å². The van der Waals surface area contributed by atoms with Crippen LogP contribution in [0.5, 0.6) is 5.75 Å². The van der Waals surface area contributed by atoms with Gasteiger partial charge in [0, 0.05) is 68.2 Å². The van der Waals surface area contributed by atoms with E-state index in [2.05, 4.69) is 63.5 Å². The Kier molecular flexibility index (Phi) is 37.4. The quantitative estimate of drug-likeness (QED) is 0.0349. The van der Waals surface area contributed by atoms with E-state index in [0.717, 1.165) is 0 Å². The number of hydrogen-bond acceptors (Lipinski definition) is 20. The number of benzene rings is 2. The number of aromatic amines is 1. The Morgan fingerprint density at radius 3 is 1.83 bits per heavy atom. The molecule has 4 rings (SSSR count). The molecule has 33 nitrogen and oxygen atoms in total. The van der Waals surface area contributed by atoms with Crippen LogP contribution in [0.3, 0.4) is 0 Å². The van der Waals surface area contributed by atoms with Crippen LogP contribution in [0.2, 0.25) is 0 Å². The van der Waals surface area contributed by atoms with Crippen LogP contribution in [0.1, 0.15) is 197 Å². The van der Waals surface area contributed by atoms with Gasteiger partial charge in [0.1, 0.15) is 52.8 Å². The second kappa shape index (κ2) is 44.6. The summed E-state index contributed by atoms with van der Waals surface area (Å²) in [5.74, 6) is -17.1. The number of carboxylic acids is 1. The number of rotatable bonds is 29. The highest BCUT2D eigenvalue weighted by molar-refractivity contribution is 6.41. The third-order valence-corrected chi connectivity index (χ3v) is 20.0. The molecule has 1 aliphatic heterocycles. The number of carbonyl (C=O) groups excluding carboxylic acids is 16. The third-order valence-electron chi connectivity index (χ3n) is 20.0. The molecule has 113 heavy (non-hydrogen) atoms. The lowest BCUT2D eigenvalue weighted by molar-refractivity contribution is -0.140. The van der Waals surface area contributed by atoms with Crippen LogP contribution < -0.4 is 70.0 Å². The Morgan fingerprint density at radius 2 is 1.21 bits per heavy atom. The number of phenols is 1. The molecule has 11 amide bonds. The lowest BCUT2D eigenvalue weighted by Gasteiger charge is -2.34. The molecule has 1 aromatic heterocycles. The number of allylic oxidation sites excluding steroid dienone is 2. The maximum Gasteiger partial charge on any atom is 0.303 e. The van der Waals surface area contributed by atoms with Crippen molar-refractivity contribution in [1.82, 2.24) is 63.5 Å². The first-order valence-electron chi connectivity index (χ1n) is 38.6. The molecule has 0 saturated carbocycles. The van der Waals surface area contributed by atoms with Crippen LogP contribution in [0.4, 0.5) is 0 Å². The average Bonchev–Trinajstić information content (AvgIpc) is 1.75. The van der Waals surface area contributed by atoms with Crippen molar-refractivity contribution >= 4 is 111 Å². The Balaban J connectivity index is 1.72. The Labute approximate surface area is 659 Å². The zero-order valence-corrected chi connectivity index (χ0v) is 67.2. The number of para-hydroxylation sites is 1. The van der Waals surface area contributed by atoms with E-state index in [9.17, 15) is 91.7 Å². The van der Waals surface area contributed by atoms with Gasteiger partial charge in [-0.25, -0.2) is 0 Å². The molecular formula is C80H118N14O19. The van der Waals surface area contributed by atoms with Crippen molar-refractivity contribution in [1.29, 1.82) is 0 Å². The minimum atomic E-state index is -1.79. The normalized spacial score (nSPS) is 23.2. The zero-order chi connectivity index (χ0) is 84.8. The summed E-state index contributed by atoms with van der Waals surface area (Å²) in [6.07, 6.45) is 6.79. The minimum absolute atomic E-state index is 0.0132. The molecule has 3 aromatic rings. The molecule has 0 spiro atoms. The molecule has 0 bridgehead atoms. The summed E-state index contributed by atoms with van der Waals surface area (Å²) in [7, 11) is 0. The standard InChI is InChI=1S/C80H118N14O19/c1-44(2)37-54-43-85-58(31-33-62(81)97)67(103)66(102)49(7)87-73(109)61(39-53-42-84-57-26-22-21-25-56(53)57)91-74(110)60(38-52-27-29-55(96)30-28-52)90-72(108)59(32-34-63(98)99)92-76(112)79(12,40-46(4)95)35-23-19-17-15-14-16-18-20-24-36-80(13,94-71(54)107)77(113)89-51(9)70(106)93-78(10,11)75(111)88-50(8)69(105)86-48(6)65(101)64(100)47(5)83-41-45(3)68(82)104/h16,18,21-22,25-30,42,44-45,47-51,54,58-61,83-85,96H,14-15,17,19-20,23-24,31-41,43H2,1-13H3,(H2,81,97)(H2,82,104)(H,86,105)(H,87,109)(H,88,111)(H,89,113)(H,90,108)(H,91,110)(H,92,112)(H,93,106)(H,94,107)(H,98,99)/b18-16+/t45-,47-,48-,49?,50?,51?,54+,58-,59-,60?,61-,79-,80-/m0/s1. The van der Waals surface area contributed by atoms with E-state index < -0.39 is 196 Å². The van der Waals surface area contributed by atoms with Crippen molar-refractivity contribution in [2.75, 3.05) is 13.1 Å². The van der Waals surface area contributed by atoms with Gasteiger partial charge in [0.2, 0.25) is 88.1 Å². The maximum atomic E-state index is 15.0. The van der Waals surface area contributed by atoms with Gasteiger partial charge in [0.15, 0.2) is 0 Å². The van der Waals surface area contributed by atoms with Gasteiger partial charge in [-0.2, -0.15) is 0 Å². The first-order chi connectivity index (χ1) is 52.9. The van der Waals surface area contributed by atoms with E-state index in [-0.39, 0.29) is 81.9 Å². The van der Waals surface area contributed by atoms with Crippen molar-refractivity contribution < 1.29 is 91.7 Å². The fourth-order valence-corrected chi connectivity index (χ4v) is 12.8. The number of hydrogen-bond donors (Lipinski definition) is 16. The molecule has 0 radical (unpaired) electrons. The molecular weight excluding hydrogens is 1460 g/mol. The number of aromatic nitrogens is 1. The van der Waals surface area contributed by atoms with Crippen LogP contribution in [-0.4, -0.2) is 194 Å². The van der Waals surface area contributed by atoms with Crippen molar-refractivity contribution in [3.8, 4) is 5.75 Å². The van der Waals surface area contributed by atoms with Crippen molar-refractivity contribution in [3.63, 3.8) is 0 Å². The van der Waals surface area contributed by atoms with E-state index >= 15 is 0 Å². The predicted molar refractivity (Wildman–Crippen MR) is 419 cm³/mol. The summed E-state index contributed by atoms with van der Waals surface area (Å²) in [5.41, 5.74) is 7.49. The molecule has 622 valence electrons. The van der Waals surface area contributed by atoms with Gasteiger partial charge < -0.3 is 85.1 Å². The van der Waals surface area contributed by atoms with Gasteiger partial charge in [-0.1, -0.05) is 89.4 Å². The number of carbonyl (C=O) groups is 17. The molecule has 2 aromatic carbocycles. The molecule has 2 heterocycles. The summed E-state index contributed by atoms with van der Waals surface area (Å²) in [6.45, 7) is 18.4. The van der Waals surface area contributed by atoms with Gasteiger partial charge in [0.05, 0.1) is 35.5 Å². The number of nitrogens with one attached hydrogen (secondary N) is 12. The first kappa shape index (κ1) is 94.8. The Hall–Kier alpha value is -10.6. The van der Waals surface area contributed by atoms with E-state index in [1.807, 2.05) is 26.0 Å². The lowest BCUT2D eigenvalue weighted by Crippen LogP contribution is -2.64. The van der Waals surface area contributed by atoms with Crippen molar-refractivity contribution in [3.05, 3.63) is 78.0 Å². The van der Waals surface area contributed by atoms with Gasteiger partial charge >= 0.3 is 5.97 Å². The lowest BCUT2D eigenvalue weighted by atomic mass is 9.79. The fraction of sp³-hybridized carbons (Fsp3) is 0.588. The predicted octanol–water partition coefficient (Wildman–Crippen LogP) is 2.09. The van der Waals surface area contributed by atoms with Gasteiger partial charge in [-0.15, -0.1) is 0 Å². The van der Waals surface area contributed by atoms with Crippen LogP contribution in [0.25, 0.3) is 10.9 Å². The van der Waals surface area contributed by atoms with Gasteiger partial charge in [-0.3, -0.25) is 81.5 Å². The van der Waals surface area contributed by atoms with E-state index in [4.69, 9.17) is 11.5 Å². The molecule has 0 aliphatic carbocycles. The number of ketones is 5. The second-order valence-electron chi connectivity index (χ2n) is 31.2. The molecule has 33 heteroatoms.